The van der Waals surface area contributed by atoms with Gasteiger partial charge in [0.25, 0.3) is 0 Å². The number of hydrogen-bond acceptors (Lipinski definition) is 4. The van der Waals surface area contributed by atoms with Gasteiger partial charge in [0.1, 0.15) is 6.04 Å². The first kappa shape index (κ1) is 17.5. The van der Waals surface area contributed by atoms with Gasteiger partial charge in [0.05, 0.1) is 17.6 Å². The molecule has 2 saturated heterocycles. The molecule has 0 bridgehead atoms. The minimum absolute atomic E-state index is 0.0527. The second-order valence-corrected chi connectivity index (χ2v) is 8.36. The summed E-state index contributed by atoms with van der Waals surface area (Å²) >= 11 is 0. The van der Waals surface area contributed by atoms with Crippen molar-refractivity contribution in [1.29, 1.82) is 0 Å². The van der Waals surface area contributed by atoms with Gasteiger partial charge in [-0.05, 0) is 25.7 Å². The average molecular weight is 386 g/mol. The molecule has 1 atom stereocenters. The van der Waals surface area contributed by atoms with E-state index in [9.17, 15) is 14.4 Å². The van der Waals surface area contributed by atoms with Gasteiger partial charge in [0, 0.05) is 44.2 Å². The number of piperidine rings is 1. The molecule has 3 N–H and O–H groups in total. The minimum Gasteiger partial charge on any atom is -0.348 e. The number of nitrogens with zero attached hydrogens (tertiary/aromatic N) is 3. The zero-order chi connectivity index (χ0) is 19.3. The number of aromatic nitrogens is 2. The van der Waals surface area contributed by atoms with Crippen molar-refractivity contribution < 1.29 is 14.4 Å². The van der Waals surface area contributed by atoms with Gasteiger partial charge in [0.15, 0.2) is 0 Å². The van der Waals surface area contributed by atoms with Crippen molar-refractivity contribution in [2.24, 2.45) is 5.92 Å². The van der Waals surface area contributed by atoms with E-state index in [1.54, 1.807) is 6.33 Å². The third-order valence-electron chi connectivity index (χ3n) is 6.95. The first-order chi connectivity index (χ1) is 13.6. The molecular formula is C19H26N6O3. The predicted octanol–water partition coefficient (Wildman–Crippen LogP) is 0.0936. The van der Waals surface area contributed by atoms with Gasteiger partial charge in [-0.1, -0.05) is 6.42 Å². The summed E-state index contributed by atoms with van der Waals surface area (Å²) in [6, 6.07) is -0.792. The Kier molecular flexibility index (Phi) is 4.06. The summed E-state index contributed by atoms with van der Waals surface area (Å²) in [6.45, 7) is 2.16. The van der Waals surface area contributed by atoms with Crippen molar-refractivity contribution >= 4 is 17.8 Å². The number of hydrogen-bond donors (Lipinski definition) is 3. The molecule has 1 saturated carbocycles. The number of urea groups is 1. The third kappa shape index (κ3) is 2.59. The summed E-state index contributed by atoms with van der Waals surface area (Å²) in [5.41, 5.74) is 1.67. The van der Waals surface area contributed by atoms with Crippen molar-refractivity contribution in [3.8, 4) is 0 Å². The molecule has 1 aromatic heterocycles. The lowest BCUT2D eigenvalue weighted by atomic mass is 9.76. The monoisotopic (exact) mass is 386 g/mol. The van der Waals surface area contributed by atoms with Crippen LogP contribution in [0.4, 0.5) is 4.79 Å². The van der Waals surface area contributed by atoms with Crippen LogP contribution in [0.3, 0.4) is 0 Å². The molecule has 28 heavy (non-hydrogen) atoms. The van der Waals surface area contributed by atoms with Crippen molar-refractivity contribution in [2.45, 2.75) is 50.1 Å². The van der Waals surface area contributed by atoms with E-state index in [1.165, 1.54) is 0 Å². The third-order valence-corrected chi connectivity index (χ3v) is 6.95. The maximum atomic E-state index is 13.2. The topological polar surface area (TPSA) is 110 Å². The van der Waals surface area contributed by atoms with Crippen molar-refractivity contribution in [3.63, 3.8) is 0 Å². The Bertz CT molecular complexity index is 808. The van der Waals surface area contributed by atoms with Crippen LogP contribution in [0.5, 0.6) is 0 Å². The number of carbonyl (C=O) groups excluding carboxylic acids is 3. The molecular weight excluding hydrogens is 360 g/mol. The van der Waals surface area contributed by atoms with Gasteiger partial charge < -0.3 is 25.4 Å². The van der Waals surface area contributed by atoms with Gasteiger partial charge in [0.2, 0.25) is 11.8 Å². The Balaban J connectivity index is 1.37. The fraction of sp³-hybridized carbons (Fsp3) is 0.684. The first-order valence-corrected chi connectivity index (χ1v) is 10.3. The molecule has 9 heteroatoms. The number of imidazole rings is 1. The number of likely N-dealkylation sites (tertiary alicyclic amines) is 1. The van der Waals surface area contributed by atoms with Gasteiger partial charge in [-0.2, -0.15) is 0 Å². The summed E-state index contributed by atoms with van der Waals surface area (Å²) in [5.74, 6) is 0.354. The quantitative estimate of drug-likeness (QED) is 0.669. The number of fused-ring (bicyclic) bond motifs is 2. The number of aromatic amines is 1. The molecule has 1 aromatic rings. The summed E-state index contributed by atoms with van der Waals surface area (Å²) in [7, 11) is 0. The van der Waals surface area contributed by atoms with Crippen LogP contribution in [-0.4, -0.2) is 69.8 Å². The average Bonchev–Trinajstić information content (AvgIpc) is 3.30. The van der Waals surface area contributed by atoms with E-state index in [0.717, 1.165) is 37.1 Å². The van der Waals surface area contributed by atoms with Crippen LogP contribution in [0.1, 0.15) is 43.5 Å². The standard InChI is InChI=1S/C19H26N6O3/c26-16(12-2-1-3-12)25-7-4-13-15(22-11-21-13)19(25)5-8-24(9-6-19)17(27)14-10-20-18(28)23-14/h11-12,14H,1-10H2,(H,21,22)(H2,20,23,28). The minimum atomic E-state index is -0.499. The second kappa shape index (κ2) is 6.49. The van der Waals surface area contributed by atoms with Gasteiger partial charge >= 0.3 is 6.03 Å². The molecule has 1 unspecified atom stereocenters. The predicted molar refractivity (Wildman–Crippen MR) is 99.2 cm³/mol. The van der Waals surface area contributed by atoms with E-state index >= 15 is 0 Å². The summed E-state index contributed by atoms with van der Waals surface area (Å²) in [6.07, 6.45) is 7.00. The molecule has 3 fully saturated rings. The van der Waals surface area contributed by atoms with E-state index in [0.29, 0.717) is 39.0 Å². The summed E-state index contributed by atoms with van der Waals surface area (Å²) in [4.78, 5) is 49.1. The van der Waals surface area contributed by atoms with Crippen LogP contribution in [0.25, 0.3) is 0 Å². The SMILES string of the molecule is O=C1NCC(C(=O)N2CCC3(CC2)c2nc[nH]c2CCN3C(=O)C2CCC2)N1. The number of rotatable bonds is 2. The van der Waals surface area contributed by atoms with Gasteiger partial charge in [-0.25, -0.2) is 9.78 Å². The molecule has 0 aromatic carbocycles. The highest BCUT2D eigenvalue weighted by molar-refractivity contribution is 5.90. The summed E-state index contributed by atoms with van der Waals surface area (Å²) in [5, 5.41) is 5.31. The van der Waals surface area contributed by atoms with Gasteiger partial charge in [-0.3, -0.25) is 9.59 Å². The number of nitrogens with one attached hydrogen (secondary N) is 3. The number of carbonyl (C=O) groups is 3. The van der Waals surface area contributed by atoms with Crippen LogP contribution < -0.4 is 10.6 Å². The Labute approximate surface area is 163 Å². The Morgan fingerprint density at radius 1 is 1.14 bits per heavy atom. The molecule has 150 valence electrons. The van der Waals surface area contributed by atoms with E-state index < -0.39 is 11.6 Å². The van der Waals surface area contributed by atoms with Crippen LogP contribution in [0, 0.1) is 5.92 Å². The zero-order valence-corrected chi connectivity index (χ0v) is 15.9. The molecule has 4 amide bonds. The Morgan fingerprint density at radius 3 is 2.57 bits per heavy atom. The maximum Gasteiger partial charge on any atom is 0.315 e. The molecule has 4 heterocycles. The lowest BCUT2D eigenvalue weighted by molar-refractivity contribution is -0.151. The molecule has 9 nitrogen and oxygen atoms in total. The normalized spacial score (nSPS) is 26.4. The largest absolute Gasteiger partial charge is 0.348 e. The van der Waals surface area contributed by atoms with Crippen molar-refractivity contribution in [3.05, 3.63) is 17.7 Å². The van der Waals surface area contributed by atoms with Crippen molar-refractivity contribution in [2.75, 3.05) is 26.2 Å². The Hall–Kier alpha value is -2.58. The van der Waals surface area contributed by atoms with E-state index in [-0.39, 0.29) is 23.8 Å². The number of H-pyrrole nitrogens is 1. The maximum absolute atomic E-state index is 13.2. The highest BCUT2D eigenvalue weighted by Gasteiger charge is 2.51. The van der Waals surface area contributed by atoms with E-state index in [1.807, 2.05) is 4.90 Å². The fourth-order valence-electron chi connectivity index (χ4n) is 5.10. The van der Waals surface area contributed by atoms with Gasteiger partial charge in [-0.15, -0.1) is 0 Å². The zero-order valence-electron chi connectivity index (χ0n) is 15.9. The fourth-order valence-corrected chi connectivity index (χ4v) is 5.10. The first-order valence-electron chi connectivity index (χ1n) is 10.3. The van der Waals surface area contributed by atoms with E-state index in [4.69, 9.17) is 0 Å². The molecule has 4 aliphatic rings. The molecule has 3 aliphatic heterocycles. The lowest BCUT2D eigenvalue weighted by Crippen LogP contribution is -2.61. The van der Waals surface area contributed by atoms with Crippen LogP contribution >= 0.6 is 0 Å². The van der Waals surface area contributed by atoms with Crippen molar-refractivity contribution in [1.82, 2.24) is 30.4 Å². The van der Waals surface area contributed by atoms with Crippen LogP contribution in [-0.2, 0) is 21.5 Å². The highest BCUT2D eigenvalue weighted by Crippen LogP contribution is 2.44. The number of amides is 4. The Morgan fingerprint density at radius 2 is 1.93 bits per heavy atom. The van der Waals surface area contributed by atoms with Crippen LogP contribution in [0.2, 0.25) is 0 Å². The summed E-state index contributed by atoms with van der Waals surface area (Å²) < 4.78 is 0. The highest BCUT2D eigenvalue weighted by atomic mass is 16.2. The molecule has 1 aliphatic carbocycles. The van der Waals surface area contributed by atoms with Crippen LogP contribution in [0.15, 0.2) is 6.33 Å². The molecule has 1 spiro atoms. The van der Waals surface area contributed by atoms with E-state index in [2.05, 4.69) is 25.5 Å². The molecule has 0 radical (unpaired) electrons. The molecule has 5 rings (SSSR count). The lowest BCUT2D eigenvalue weighted by Gasteiger charge is -2.52. The smallest absolute Gasteiger partial charge is 0.315 e. The second-order valence-electron chi connectivity index (χ2n) is 8.36.